The van der Waals surface area contributed by atoms with Gasteiger partial charge in [0.1, 0.15) is 5.75 Å². The van der Waals surface area contributed by atoms with Gasteiger partial charge in [-0.3, -0.25) is 0 Å². The van der Waals surface area contributed by atoms with Crippen LogP contribution in [0.25, 0.3) is 0 Å². The number of carboxylic acid groups (broad SMARTS) is 2. The highest BCUT2D eigenvalue weighted by Gasteiger charge is 2.09. The van der Waals surface area contributed by atoms with Crippen LogP contribution in [0.4, 0.5) is 0 Å². The van der Waals surface area contributed by atoms with Gasteiger partial charge in [0.25, 0.3) is 0 Å². The molecule has 0 atom stereocenters. The van der Waals surface area contributed by atoms with Crippen molar-refractivity contribution in [2.45, 2.75) is 39.0 Å². The first-order valence-corrected chi connectivity index (χ1v) is 8.85. The van der Waals surface area contributed by atoms with E-state index in [1.165, 1.54) is 45.3 Å². The van der Waals surface area contributed by atoms with Gasteiger partial charge in [-0.05, 0) is 76.0 Å². The molecule has 0 aromatic heterocycles. The third-order valence-electron chi connectivity index (χ3n) is 3.89. The third kappa shape index (κ3) is 9.31. The number of hydrogen-bond acceptors (Lipinski definition) is 4. The van der Waals surface area contributed by atoms with Gasteiger partial charge in [-0.2, -0.15) is 0 Å². The number of carboxylic acids is 2. The summed E-state index contributed by atoms with van der Waals surface area (Å²) in [5.41, 5.74) is 1.11. The van der Waals surface area contributed by atoms with Crippen LogP contribution in [0.3, 0.4) is 0 Å². The molecular formula is C18H26ClNO5. The molecule has 6 nitrogen and oxygen atoms in total. The molecule has 1 fully saturated rings. The highest BCUT2D eigenvalue weighted by atomic mass is 35.5. The number of aryl methyl sites for hydroxylation is 1. The van der Waals surface area contributed by atoms with Crippen LogP contribution in [-0.4, -0.2) is 53.3 Å². The van der Waals surface area contributed by atoms with Crippen molar-refractivity contribution < 1.29 is 24.5 Å². The second-order valence-corrected chi connectivity index (χ2v) is 6.41. The third-order valence-corrected chi connectivity index (χ3v) is 4.13. The molecule has 0 unspecified atom stereocenters. The Morgan fingerprint density at radius 2 is 1.76 bits per heavy atom. The largest absolute Gasteiger partial charge is 0.493 e. The average molecular weight is 372 g/mol. The Hall–Kier alpha value is -1.79. The summed E-state index contributed by atoms with van der Waals surface area (Å²) < 4.78 is 5.80. The zero-order valence-electron chi connectivity index (χ0n) is 14.5. The zero-order valence-corrected chi connectivity index (χ0v) is 15.3. The first-order valence-electron chi connectivity index (χ1n) is 8.47. The van der Waals surface area contributed by atoms with Gasteiger partial charge in [0.15, 0.2) is 0 Å². The molecule has 1 aromatic rings. The van der Waals surface area contributed by atoms with E-state index in [0.29, 0.717) is 0 Å². The van der Waals surface area contributed by atoms with Crippen LogP contribution in [0.15, 0.2) is 18.2 Å². The lowest BCUT2D eigenvalue weighted by Crippen LogP contribution is -2.30. The maximum Gasteiger partial charge on any atom is 0.414 e. The van der Waals surface area contributed by atoms with Crippen molar-refractivity contribution in [1.29, 1.82) is 0 Å². The molecule has 1 aromatic carbocycles. The number of aliphatic carboxylic acids is 2. The van der Waals surface area contributed by atoms with Crippen molar-refractivity contribution in [3.05, 3.63) is 28.8 Å². The summed E-state index contributed by atoms with van der Waals surface area (Å²) in [5.74, 6) is -2.69. The number of rotatable bonds is 6. The van der Waals surface area contributed by atoms with Crippen molar-refractivity contribution in [2.75, 3.05) is 26.2 Å². The van der Waals surface area contributed by atoms with E-state index in [4.69, 9.17) is 36.1 Å². The topological polar surface area (TPSA) is 87.1 Å². The Morgan fingerprint density at radius 3 is 2.32 bits per heavy atom. The SMILES string of the molecule is Cc1cc(Cl)ccc1OCCCCN1CCCCC1.O=C(O)C(=O)O. The van der Waals surface area contributed by atoms with Crippen LogP contribution in [0.5, 0.6) is 5.75 Å². The number of likely N-dealkylation sites (tertiary alicyclic amines) is 1. The summed E-state index contributed by atoms with van der Waals surface area (Å²) in [7, 11) is 0. The van der Waals surface area contributed by atoms with Gasteiger partial charge in [-0.1, -0.05) is 18.0 Å². The lowest BCUT2D eigenvalue weighted by Gasteiger charge is -2.26. The monoisotopic (exact) mass is 371 g/mol. The molecule has 7 heteroatoms. The number of carbonyl (C=O) groups is 2. The number of piperidine rings is 1. The van der Waals surface area contributed by atoms with Crippen molar-refractivity contribution in [1.82, 2.24) is 4.90 Å². The van der Waals surface area contributed by atoms with E-state index in [2.05, 4.69) is 4.90 Å². The molecule has 0 saturated carbocycles. The van der Waals surface area contributed by atoms with E-state index in [1.54, 1.807) is 0 Å². The van der Waals surface area contributed by atoms with Gasteiger partial charge in [0.2, 0.25) is 0 Å². The van der Waals surface area contributed by atoms with E-state index < -0.39 is 11.9 Å². The fourth-order valence-corrected chi connectivity index (χ4v) is 2.80. The predicted molar refractivity (Wildman–Crippen MR) is 96.5 cm³/mol. The maximum absolute atomic E-state index is 9.10. The summed E-state index contributed by atoms with van der Waals surface area (Å²) in [6, 6.07) is 5.80. The highest BCUT2D eigenvalue weighted by molar-refractivity contribution is 6.30. The van der Waals surface area contributed by atoms with Gasteiger partial charge in [0, 0.05) is 5.02 Å². The summed E-state index contributed by atoms with van der Waals surface area (Å²) in [6.07, 6.45) is 6.52. The molecule has 1 aliphatic heterocycles. The fourth-order valence-electron chi connectivity index (χ4n) is 2.58. The van der Waals surface area contributed by atoms with Crippen molar-refractivity contribution in [3.63, 3.8) is 0 Å². The van der Waals surface area contributed by atoms with Crippen LogP contribution < -0.4 is 4.74 Å². The predicted octanol–water partition coefficient (Wildman–Crippen LogP) is 3.45. The summed E-state index contributed by atoms with van der Waals surface area (Å²) in [4.78, 5) is 20.8. The van der Waals surface area contributed by atoms with Crippen molar-refractivity contribution >= 4 is 23.5 Å². The van der Waals surface area contributed by atoms with Gasteiger partial charge in [0.05, 0.1) is 6.61 Å². The highest BCUT2D eigenvalue weighted by Crippen LogP contribution is 2.22. The van der Waals surface area contributed by atoms with Gasteiger partial charge in [-0.25, -0.2) is 9.59 Å². The molecule has 0 bridgehead atoms. The van der Waals surface area contributed by atoms with E-state index in [-0.39, 0.29) is 0 Å². The molecule has 1 heterocycles. The molecule has 2 N–H and O–H groups in total. The van der Waals surface area contributed by atoms with E-state index in [0.717, 1.165) is 29.4 Å². The standard InChI is InChI=1S/C16H24ClNO.C2H2O4/c1-14-13-15(17)7-8-16(14)19-12-6-5-11-18-9-3-2-4-10-18;3-1(4)2(5)6/h7-8,13H,2-6,9-12H2,1H3;(H,3,4)(H,5,6). The van der Waals surface area contributed by atoms with E-state index in [9.17, 15) is 0 Å². The lowest BCUT2D eigenvalue weighted by atomic mass is 10.1. The van der Waals surface area contributed by atoms with Crippen LogP contribution in [0.2, 0.25) is 5.02 Å². The minimum absolute atomic E-state index is 0.773. The Balaban J connectivity index is 0.000000450. The Bertz CT molecular complexity index is 546. The van der Waals surface area contributed by atoms with Crippen LogP contribution >= 0.6 is 11.6 Å². The summed E-state index contributed by atoms with van der Waals surface area (Å²) in [5, 5.41) is 15.6. The molecule has 0 radical (unpaired) electrons. The minimum atomic E-state index is -1.82. The second kappa shape index (κ2) is 11.7. The molecule has 2 rings (SSSR count). The van der Waals surface area contributed by atoms with Crippen LogP contribution in [0.1, 0.15) is 37.7 Å². The number of unbranched alkanes of at least 4 members (excludes halogenated alkanes) is 1. The molecule has 1 aliphatic rings. The average Bonchev–Trinajstić information content (AvgIpc) is 2.58. The minimum Gasteiger partial charge on any atom is -0.493 e. The van der Waals surface area contributed by atoms with Crippen LogP contribution in [-0.2, 0) is 9.59 Å². The Morgan fingerprint density at radius 1 is 1.12 bits per heavy atom. The quantitative estimate of drug-likeness (QED) is 0.588. The smallest absolute Gasteiger partial charge is 0.414 e. The van der Waals surface area contributed by atoms with E-state index in [1.807, 2.05) is 25.1 Å². The number of halogens is 1. The van der Waals surface area contributed by atoms with E-state index >= 15 is 0 Å². The molecule has 0 aliphatic carbocycles. The molecular weight excluding hydrogens is 346 g/mol. The number of benzene rings is 1. The molecule has 1 saturated heterocycles. The number of ether oxygens (including phenoxy) is 1. The zero-order chi connectivity index (χ0) is 18.7. The Kier molecular flexibility index (Phi) is 9.96. The van der Waals surface area contributed by atoms with Crippen LogP contribution in [0, 0.1) is 6.92 Å². The van der Waals surface area contributed by atoms with Gasteiger partial charge >= 0.3 is 11.9 Å². The first-order chi connectivity index (χ1) is 11.9. The van der Waals surface area contributed by atoms with Crippen molar-refractivity contribution in [3.8, 4) is 5.75 Å². The lowest BCUT2D eigenvalue weighted by molar-refractivity contribution is -0.159. The molecule has 0 spiro atoms. The maximum atomic E-state index is 9.10. The Labute approximate surface area is 153 Å². The fraction of sp³-hybridized carbons (Fsp3) is 0.556. The molecule has 140 valence electrons. The van der Waals surface area contributed by atoms with Gasteiger partial charge < -0.3 is 19.8 Å². The van der Waals surface area contributed by atoms with Crippen molar-refractivity contribution in [2.24, 2.45) is 0 Å². The number of hydrogen-bond donors (Lipinski definition) is 2. The molecule has 0 amide bonds. The summed E-state index contributed by atoms with van der Waals surface area (Å²) >= 11 is 5.93. The van der Waals surface area contributed by atoms with Gasteiger partial charge in [-0.15, -0.1) is 0 Å². The second-order valence-electron chi connectivity index (χ2n) is 5.98. The summed E-state index contributed by atoms with van der Waals surface area (Å²) in [6.45, 7) is 6.64. The number of nitrogens with zero attached hydrogens (tertiary/aromatic N) is 1. The normalized spacial score (nSPS) is 14.3. The molecule has 25 heavy (non-hydrogen) atoms. The first kappa shape index (κ1) is 21.3.